The largest absolute Gasteiger partial charge is 0.388 e. The molecule has 2 N–H and O–H groups in total. The highest BCUT2D eigenvalue weighted by atomic mass is 16.5. The molecule has 1 rings (SSSR count). The van der Waals surface area contributed by atoms with Crippen molar-refractivity contribution in [3.8, 4) is 0 Å². The summed E-state index contributed by atoms with van der Waals surface area (Å²) in [5, 5.41) is 16.2. The Labute approximate surface area is 94.8 Å². The molecule has 0 saturated carbocycles. The molecule has 0 radical (unpaired) electrons. The van der Waals surface area contributed by atoms with Crippen LogP contribution in [0.15, 0.2) is 10.7 Å². The smallest absolute Gasteiger partial charge is 0.256 e. The molecule has 5 nitrogen and oxygen atoms in total. The summed E-state index contributed by atoms with van der Waals surface area (Å²) in [6.45, 7) is 5.69. The second-order valence-corrected chi connectivity index (χ2v) is 3.91. The quantitative estimate of drug-likeness (QED) is 0.792. The van der Waals surface area contributed by atoms with E-state index in [0.29, 0.717) is 24.2 Å². The van der Waals surface area contributed by atoms with Crippen molar-refractivity contribution in [3.63, 3.8) is 0 Å². The summed E-state index contributed by atoms with van der Waals surface area (Å²) in [6, 6.07) is 0. The fraction of sp³-hybridized carbons (Fsp3) is 0.636. The SMILES string of the molecule is CCC(O)(CC)CNC(=O)c1cnoc1C. The molecule has 1 heterocycles. The fourth-order valence-electron chi connectivity index (χ4n) is 1.36. The average molecular weight is 226 g/mol. The molecule has 0 aliphatic rings. The van der Waals surface area contributed by atoms with E-state index in [1.54, 1.807) is 6.92 Å². The van der Waals surface area contributed by atoms with Gasteiger partial charge in [0.25, 0.3) is 5.91 Å². The van der Waals surface area contributed by atoms with Crippen molar-refractivity contribution >= 4 is 5.91 Å². The van der Waals surface area contributed by atoms with Gasteiger partial charge < -0.3 is 14.9 Å². The summed E-state index contributed by atoms with van der Waals surface area (Å²) in [5.41, 5.74) is -0.421. The Morgan fingerprint density at radius 3 is 2.62 bits per heavy atom. The van der Waals surface area contributed by atoms with E-state index in [2.05, 4.69) is 10.5 Å². The first-order valence-corrected chi connectivity index (χ1v) is 5.44. The third kappa shape index (κ3) is 2.82. The standard InChI is InChI=1S/C11H18N2O3/c1-4-11(15,5-2)7-12-10(14)9-6-13-16-8(9)3/h6,15H,4-5,7H2,1-3H3,(H,12,14). The zero-order chi connectivity index (χ0) is 12.2. The maximum atomic E-state index is 11.7. The van der Waals surface area contributed by atoms with Crippen molar-refractivity contribution in [2.24, 2.45) is 0 Å². The predicted molar refractivity (Wildman–Crippen MR) is 59.1 cm³/mol. The first kappa shape index (κ1) is 12.7. The molecule has 1 aromatic heterocycles. The van der Waals surface area contributed by atoms with Crippen LogP contribution in [0, 0.1) is 6.92 Å². The van der Waals surface area contributed by atoms with E-state index >= 15 is 0 Å². The van der Waals surface area contributed by atoms with Gasteiger partial charge in [-0.2, -0.15) is 0 Å². The Balaban J connectivity index is 2.57. The molecule has 0 aliphatic carbocycles. The molecular weight excluding hydrogens is 208 g/mol. The molecule has 0 saturated heterocycles. The van der Waals surface area contributed by atoms with Crippen molar-refractivity contribution in [1.82, 2.24) is 10.5 Å². The van der Waals surface area contributed by atoms with Gasteiger partial charge >= 0.3 is 0 Å². The summed E-state index contributed by atoms with van der Waals surface area (Å²) in [5.74, 6) is 0.216. The van der Waals surface area contributed by atoms with E-state index in [0.717, 1.165) is 0 Å². The highest BCUT2D eigenvalue weighted by Gasteiger charge is 2.23. The molecule has 0 spiro atoms. The Bertz CT molecular complexity index is 356. The Hall–Kier alpha value is -1.36. The number of amides is 1. The van der Waals surface area contributed by atoms with Crippen LogP contribution in [-0.2, 0) is 0 Å². The van der Waals surface area contributed by atoms with E-state index in [9.17, 15) is 9.90 Å². The number of hydrogen-bond donors (Lipinski definition) is 2. The average Bonchev–Trinajstić information content (AvgIpc) is 2.72. The zero-order valence-electron chi connectivity index (χ0n) is 9.91. The van der Waals surface area contributed by atoms with Crippen LogP contribution in [-0.4, -0.2) is 28.3 Å². The maximum absolute atomic E-state index is 11.7. The van der Waals surface area contributed by atoms with Gasteiger partial charge in [-0.3, -0.25) is 4.79 Å². The van der Waals surface area contributed by atoms with Crippen LogP contribution in [0.2, 0.25) is 0 Å². The lowest BCUT2D eigenvalue weighted by atomic mass is 9.97. The van der Waals surface area contributed by atoms with Gasteiger partial charge in [0.1, 0.15) is 11.3 Å². The van der Waals surface area contributed by atoms with E-state index in [-0.39, 0.29) is 12.5 Å². The van der Waals surface area contributed by atoms with Gasteiger partial charge in [0.05, 0.1) is 11.8 Å². The number of aliphatic hydroxyl groups is 1. The van der Waals surface area contributed by atoms with Gasteiger partial charge in [0.2, 0.25) is 0 Å². The molecule has 0 fully saturated rings. The van der Waals surface area contributed by atoms with Gasteiger partial charge in [-0.05, 0) is 19.8 Å². The van der Waals surface area contributed by atoms with Crippen molar-refractivity contribution < 1.29 is 14.4 Å². The van der Waals surface area contributed by atoms with Gasteiger partial charge in [0, 0.05) is 6.54 Å². The van der Waals surface area contributed by atoms with Crippen LogP contribution in [0.4, 0.5) is 0 Å². The number of aromatic nitrogens is 1. The highest BCUT2D eigenvalue weighted by molar-refractivity contribution is 5.94. The van der Waals surface area contributed by atoms with Crippen LogP contribution in [0.1, 0.15) is 42.8 Å². The second-order valence-electron chi connectivity index (χ2n) is 3.91. The second kappa shape index (κ2) is 5.12. The number of nitrogens with one attached hydrogen (secondary N) is 1. The number of rotatable bonds is 5. The summed E-state index contributed by atoms with van der Waals surface area (Å²) in [6.07, 6.45) is 2.58. The van der Waals surface area contributed by atoms with Crippen molar-refractivity contribution in [2.75, 3.05) is 6.54 Å². The fourth-order valence-corrected chi connectivity index (χ4v) is 1.36. The summed E-state index contributed by atoms with van der Waals surface area (Å²) in [4.78, 5) is 11.7. The van der Waals surface area contributed by atoms with E-state index in [1.807, 2.05) is 13.8 Å². The molecule has 0 bridgehead atoms. The number of hydrogen-bond acceptors (Lipinski definition) is 4. The summed E-state index contributed by atoms with van der Waals surface area (Å²) >= 11 is 0. The number of carbonyl (C=O) groups is 1. The highest BCUT2D eigenvalue weighted by Crippen LogP contribution is 2.13. The minimum absolute atomic E-state index is 0.240. The lowest BCUT2D eigenvalue weighted by Crippen LogP contribution is -2.42. The topological polar surface area (TPSA) is 75.4 Å². The van der Waals surface area contributed by atoms with Crippen molar-refractivity contribution in [1.29, 1.82) is 0 Å². The minimum atomic E-state index is -0.833. The molecule has 0 aromatic carbocycles. The number of nitrogens with zero attached hydrogens (tertiary/aromatic N) is 1. The maximum Gasteiger partial charge on any atom is 0.256 e. The first-order chi connectivity index (χ1) is 7.52. The molecule has 0 atom stereocenters. The normalized spacial score (nSPS) is 11.5. The van der Waals surface area contributed by atoms with Gasteiger partial charge in [-0.25, -0.2) is 0 Å². The molecule has 16 heavy (non-hydrogen) atoms. The molecule has 0 aliphatic heterocycles. The molecule has 1 amide bonds. The predicted octanol–water partition coefficient (Wildman–Crippen LogP) is 1.26. The van der Waals surface area contributed by atoms with Crippen LogP contribution in [0.3, 0.4) is 0 Å². The molecule has 5 heteroatoms. The van der Waals surface area contributed by atoms with Crippen molar-refractivity contribution in [3.05, 3.63) is 17.5 Å². The van der Waals surface area contributed by atoms with Crippen LogP contribution in [0.5, 0.6) is 0 Å². The Morgan fingerprint density at radius 2 is 2.19 bits per heavy atom. The van der Waals surface area contributed by atoms with E-state index < -0.39 is 5.60 Å². The van der Waals surface area contributed by atoms with Gasteiger partial charge in [0.15, 0.2) is 0 Å². The van der Waals surface area contributed by atoms with Gasteiger partial charge in [-0.15, -0.1) is 0 Å². The molecule has 1 aromatic rings. The summed E-state index contributed by atoms with van der Waals surface area (Å²) < 4.78 is 4.80. The number of carbonyl (C=O) groups excluding carboxylic acids is 1. The van der Waals surface area contributed by atoms with Crippen molar-refractivity contribution in [2.45, 2.75) is 39.2 Å². The van der Waals surface area contributed by atoms with E-state index in [4.69, 9.17) is 4.52 Å². The monoisotopic (exact) mass is 226 g/mol. The first-order valence-electron chi connectivity index (χ1n) is 5.44. The molecule has 90 valence electrons. The minimum Gasteiger partial charge on any atom is -0.388 e. The van der Waals surface area contributed by atoms with Crippen LogP contribution < -0.4 is 5.32 Å². The Kier molecular flexibility index (Phi) is 4.06. The summed E-state index contributed by atoms with van der Waals surface area (Å²) in [7, 11) is 0. The molecular formula is C11H18N2O3. The number of aryl methyl sites for hydroxylation is 1. The lowest BCUT2D eigenvalue weighted by molar-refractivity contribution is 0.0313. The third-order valence-corrected chi connectivity index (χ3v) is 2.89. The zero-order valence-corrected chi connectivity index (χ0v) is 9.91. The van der Waals surface area contributed by atoms with E-state index in [1.165, 1.54) is 6.20 Å². The molecule has 0 unspecified atom stereocenters. The Morgan fingerprint density at radius 1 is 1.56 bits per heavy atom. The van der Waals surface area contributed by atoms with Crippen LogP contribution in [0.25, 0.3) is 0 Å². The third-order valence-electron chi connectivity index (χ3n) is 2.89. The van der Waals surface area contributed by atoms with Crippen LogP contribution >= 0.6 is 0 Å². The van der Waals surface area contributed by atoms with Gasteiger partial charge in [-0.1, -0.05) is 19.0 Å². The lowest BCUT2D eigenvalue weighted by Gasteiger charge is -2.25.